The topological polar surface area (TPSA) is 22.1 Å². The summed E-state index contributed by atoms with van der Waals surface area (Å²) in [5.74, 6) is 0.775. The van der Waals surface area contributed by atoms with Crippen molar-refractivity contribution in [3.63, 3.8) is 0 Å². The van der Waals surface area contributed by atoms with Crippen molar-refractivity contribution in [3.05, 3.63) is 58.3 Å². The molecular formula is C12H9Cl2NO. The van der Waals surface area contributed by atoms with E-state index in [2.05, 4.69) is 4.98 Å². The Balaban J connectivity index is 1.99. The Labute approximate surface area is 104 Å². The van der Waals surface area contributed by atoms with Crippen molar-refractivity contribution in [2.75, 3.05) is 0 Å². The lowest BCUT2D eigenvalue weighted by atomic mass is 10.3. The minimum atomic E-state index is 0.462. The van der Waals surface area contributed by atoms with Gasteiger partial charge in [-0.05, 0) is 42.0 Å². The zero-order chi connectivity index (χ0) is 11.4. The van der Waals surface area contributed by atoms with Crippen molar-refractivity contribution in [3.8, 4) is 5.75 Å². The zero-order valence-corrected chi connectivity index (χ0v) is 9.87. The predicted molar refractivity (Wildman–Crippen MR) is 65.0 cm³/mol. The molecule has 0 radical (unpaired) electrons. The van der Waals surface area contributed by atoms with Crippen LogP contribution in [-0.4, -0.2) is 4.98 Å². The van der Waals surface area contributed by atoms with E-state index in [9.17, 15) is 0 Å². The van der Waals surface area contributed by atoms with Gasteiger partial charge in [-0.1, -0.05) is 23.2 Å². The van der Waals surface area contributed by atoms with E-state index in [0.29, 0.717) is 16.8 Å². The standard InChI is InChI=1S/C12H9Cl2NO/c13-10-1-3-11(4-2-10)16-8-9-5-6-15-12(14)7-9/h1-7H,8H2. The quantitative estimate of drug-likeness (QED) is 0.773. The molecule has 0 amide bonds. The maximum absolute atomic E-state index is 5.77. The van der Waals surface area contributed by atoms with Crippen molar-refractivity contribution in [2.24, 2.45) is 0 Å². The number of hydrogen-bond acceptors (Lipinski definition) is 2. The minimum absolute atomic E-state index is 0.462. The Hall–Kier alpha value is -1.25. The van der Waals surface area contributed by atoms with E-state index in [1.165, 1.54) is 0 Å². The van der Waals surface area contributed by atoms with E-state index in [0.717, 1.165) is 11.3 Å². The van der Waals surface area contributed by atoms with Gasteiger partial charge < -0.3 is 4.74 Å². The van der Waals surface area contributed by atoms with E-state index in [-0.39, 0.29) is 0 Å². The zero-order valence-electron chi connectivity index (χ0n) is 8.36. The van der Waals surface area contributed by atoms with Gasteiger partial charge in [0.25, 0.3) is 0 Å². The lowest BCUT2D eigenvalue weighted by Gasteiger charge is -2.06. The average Bonchev–Trinajstić information content (AvgIpc) is 2.28. The van der Waals surface area contributed by atoms with Crippen LogP contribution in [0.3, 0.4) is 0 Å². The van der Waals surface area contributed by atoms with Crippen molar-refractivity contribution >= 4 is 23.2 Å². The van der Waals surface area contributed by atoms with E-state index < -0.39 is 0 Å². The fourth-order valence-corrected chi connectivity index (χ4v) is 1.55. The van der Waals surface area contributed by atoms with Crippen LogP contribution in [0.25, 0.3) is 0 Å². The number of hydrogen-bond donors (Lipinski definition) is 0. The Morgan fingerprint density at radius 2 is 1.81 bits per heavy atom. The number of halogens is 2. The van der Waals surface area contributed by atoms with Gasteiger partial charge in [0.05, 0.1) is 0 Å². The van der Waals surface area contributed by atoms with E-state index in [4.69, 9.17) is 27.9 Å². The highest BCUT2D eigenvalue weighted by Gasteiger charge is 1.97. The molecule has 2 aromatic rings. The van der Waals surface area contributed by atoms with Gasteiger partial charge in [-0.2, -0.15) is 0 Å². The molecule has 1 aromatic heterocycles. The van der Waals surface area contributed by atoms with Crippen LogP contribution < -0.4 is 4.74 Å². The lowest BCUT2D eigenvalue weighted by Crippen LogP contribution is -1.95. The van der Waals surface area contributed by atoms with Gasteiger partial charge in [-0.3, -0.25) is 0 Å². The van der Waals surface area contributed by atoms with Gasteiger partial charge in [0.15, 0.2) is 0 Å². The highest BCUT2D eigenvalue weighted by molar-refractivity contribution is 6.30. The van der Waals surface area contributed by atoms with Crippen LogP contribution in [0.4, 0.5) is 0 Å². The lowest BCUT2D eigenvalue weighted by molar-refractivity contribution is 0.306. The molecule has 0 fully saturated rings. The van der Waals surface area contributed by atoms with Gasteiger partial charge in [0.1, 0.15) is 17.5 Å². The van der Waals surface area contributed by atoms with Gasteiger partial charge in [0, 0.05) is 11.2 Å². The summed E-state index contributed by atoms with van der Waals surface area (Å²) in [5, 5.41) is 1.16. The summed E-state index contributed by atoms with van der Waals surface area (Å²) in [4.78, 5) is 3.90. The Kier molecular flexibility index (Phi) is 3.65. The Morgan fingerprint density at radius 3 is 2.50 bits per heavy atom. The van der Waals surface area contributed by atoms with Crippen LogP contribution in [0.2, 0.25) is 10.2 Å². The molecule has 0 aliphatic rings. The molecule has 0 atom stereocenters. The van der Waals surface area contributed by atoms with Crippen molar-refractivity contribution < 1.29 is 4.74 Å². The molecule has 0 saturated heterocycles. The summed E-state index contributed by atoms with van der Waals surface area (Å²) in [6, 6.07) is 10.9. The maximum Gasteiger partial charge on any atom is 0.129 e. The fourth-order valence-electron chi connectivity index (χ4n) is 1.23. The van der Waals surface area contributed by atoms with Gasteiger partial charge in [-0.25, -0.2) is 4.98 Å². The third kappa shape index (κ3) is 3.12. The molecule has 0 saturated carbocycles. The van der Waals surface area contributed by atoms with Crippen LogP contribution in [0.1, 0.15) is 5.56 Å². The van der Waals surface area contributed by atoms with E-state index in [1.807, 2.05) is 18.2 Å². The second-order valence-electron chi connectivity index (χ2n) is 3.23. The normalized spacial score (nSPS) is 10.1. The maximum atomic E-state index is 5.77. The molecule has 0 aliphatic heterocycles. The largest absolute Gasteiger partial charge is 0.489 e. The second kappa shape index (κ2) is 5.19. The number of rotatable bonds is 3. The Morgan fingerprint density at radius 1 is 1.06 bits per heavy atom. The minimum Gasteiger partial charge on any atom is -0.489 e. The molecule has 0 bridgehead atoms. The second-order valence-corrected chi connectivity index (χ2v) is 4.05. The van der Waals surface area contributed by atoms with Gasteiger partial charge in [0.2, 0.25) is 0 Å². The van der Waals surface area contributed by atoms with Crippen LogP contribution in [0, 0.1) is 0 Å². The summed E-state index contributed by atoms with van der Waals surface area (Å²) < 4.78 is 5.56. The summed E-state index contributed by atoms with van der Waals surface area (Å²) in [7, 11) is 0. The molecule has 4 heteroatoms. The van der Waals surface area contributed by atoms with Gasteiger partial charge in [-0.15, -0.1) is 0 Å². The van der Waals surface area contributed by atoms with Crippen molar-refractivity contribution in [1.82, 2.24) is 4.98 Å². The molecule has 2 rings (SSSR count). The van der Waals surface area contributed by atoms with Crippen molar-refractivity contribution in [1.29, 1.82) is 0 Å². The highest BCUT2D eigenvalue weighted by Crippen LogP contribution is 2.17. The summed E-state index contributed by atoms with van der Waals surface area (Å²) in [6.07, 6.45) is 1.66. The fraction of sp³-hybridized carbons (Fsp3) is 0.0833. The number of benzene rings is 1. The van der Waals surface area contributed by atoms with E-state index in [1.54, 1.807) is 24.4 Å². The number of nitrogens with zero attached hydrogens (tertiary/aromatic N) is 1. The first-order valence-electron chi connectivity index (χ1n) is 4.73. The number of ether oxygens (including phenoxy) is 1. The molecule has 2 nitrogen and oxygen atoms in total. The number of aromatic nitrogens is 1. The van der Waals surface area contributed by atoms with Crippen LogP contribution >= 0.6 is 23.2 Å². The monoisotopic (exact) mass is 253 g/mol. The molecule has 0 aliphatic carbocycles. The van der Waals surface area contributed by atoms with Crippen LogP contribution in [0.5, 0.6) is 5.75 Å². The molecule has 1 heterocycles. The summed E-state index contributed by atoms with van der Waals surface area (Å²) in [6.45, 7) is 0.462. The van der Waals surface area contributed by atoms with Crippen LogP contribution in [-0.2, 0) is 6.61 Å². The highest BCUT2D eigenvalue weighted by atomic mass is 35.5. The third-order valence-corrected chi connectivity index (χ3v) is 2.47. The molecule has 0 unspecified atom stereocenters. The van der Waals surface area contributed by atoms with Crippen LogP contribution in [0.15, 0.2) is 42.6 Å². The van der Waals surface area contributed by atoms with Crippen molar-refractivity contribution in [2.45, 2.75) is 6.61 Å². The summed E-state index contributed by atoms with van der Waals surface area (Å²) in [5.41, 5.74) is 0.981. The van der Waals surface area contributed by atoms with Gasteiger partial charge >= 0.3 is 0 Å². The first-order valence-corrected chi connectivity index (χ1v) is 5.48. The average molecular weight is 254 g/mol. The third-order valence-electron chi connectivity index (χ3n) is 2.01. The van der Waals surface area contributed by atoms with E-state index >= 15 is 0 Å². The molecule has 0 N–H and O–H groups in total. The molecule has 82 valence electrons. The number of pyridine rings is 1. The smallest absolute Gasteiger partial charge is 0.129 e. The molecule has 16 heavy (non-hydrogen) atoms. The molecule has 0 spiro atoms. The first-order chi connectivity index (χ1) is 7.74. The SMILES string of the molecule is Clc1ccc(OCc2ccnc(Cl)c2)cc1. The summed E-state index contributed by atoms with van der Waals surface area (Å²) >= 11 is 11.5. The first kappa shape index (κ1) is 11.2. The molecular weight excluding hydrogens is 245 g/mol. The Bertz CT molecular complexity index is 471. The molecule has 1 aromatic carbocycles. The predicted octanol–water partition coefficient (Wildman–Crippen LogP) is 3.97.